The van der Waals surface area contributed by atoms with Gasteiger partial charge in [0.25, 0.3) is 5.69 Å². The van der Waals surface area contributed by atoms with E-state index in [-0.39, 0.29) is 10.6 Å². The fraction of sp³-hybridized carbons (Fsp3) is 0.647. The molecule has 0 spiro atoms. The van der Waals surface area contributed by atoms with Gasteiger partial charge < -0.3 is 5.32 Å². The Morgan fingerprint density at radius 1 is 0.962 bits per heavy atom. The van der Waals surface area contributed by atoms with Gasteiger partial charge in [0.15, 0.2) is 0 Å². The van der Waals surface area contributed by atoms with Crippen LogP contribution in [0.2, 0.25) is 0 Å². The Bertz CT molecular complexity index is 758. The first kappa shape index (κ1) is 17.8. The summed E-state index contributed by atoms with van der Waals surface area (Å²) in [7, 11) is -3.59. The largest absolute Gasteiger partial charge is 0.314 e. The van der Waals surface area contributed by atoms with Gasteiger partial charge in [0.1, 0.15) is 0 Å². The quantitative estimate of drug-likeness (QED) is 0.623. The molecular weight excluding hydrogens is 356 g/mol. The number of benzene rings is 1. The zero-order chi connectivity index (χ0) is 18.3. The van der Waals surface area contributed by atoms with Crippen LogP contribution in [0.3, 0.4) is 0 Å². The van der Waals surface area contributed by atoms with E-state index in [0.29, 0.717) is 31.2 Å². The van der Waals surface area contributed by atoms with Gasteiger partial charge >= 0.3 is 0 Å². The Labute approximate surface area is 153 Å². The molecule has 3 heterocycles. The van der Waals surface area contributed by atoms with E-state index in [4.69, 9.17) is 0 Å². The Morgan fingerprint density at radius 3 is 2.08 bits per heavy atom. The van der Waals surface area contributed by atoms with Crippen LogP contribution in [0, 0.1) is 10.1 Å². The average molecular weight is 380 g/mol. The monoisotopic (exact) mass is 380 g/mol. The van der Waals surface area contributed by atoms with Crippen LogP contribution in [0.15, 0.2) is 29.2 Å². The standard InChI is InChI=1S/C17H24N4O4S/c22-21(23)14-3-5-17(6-4-14)26(24,25)19-9-7-13(8-10-19)20-15-1-2-16(20)12-18-11-15/h3-6,13,15-16,18H,1-2,7-12H2. The molecule has 8 nitrogen and oxygen atoms in total. The summed E-state index contributed by atoms with van der Waals surface area (Å²) in [5, 5.41) is 14.2. The maximum Gasteiger partial charge on any atom is 0.269 e. The first-order valence-electron chi connectivity index (χ1n) is 9.19. The summed E-state index contributed by atoms with van der Waals surface area (Å²) in [6.45, 7) is 3.09. The van der Waals surface area contributed by atoms with Crippen LogP contribution in [-0.4, -0.2) is 66.9 Å². The molecule has 1 aromatic carbocycles. The third-order valence-corrected chi connectivity index (χ3v) is 7.88. The molecule has 0 aromatic heterocycles. The van der Waals surface area contributed by atoms with Crippen molar-refractivity contribution in [2.75, 3.05) is 26.2 Å². The van der Waals surface area contributed by atoms with Crippen LogP contribution in [0.5, 0.6) is 0 Å². The van der Waals surface area contributed by atoms with Gasteiger partial charge in [0.2, 0.25) is 10.0 Å². The van der Waals surface area contributed by atoms with E-state index in [1.165, 1.54) is 41.4 Å². The highest BCUT2D eigenvalue weighted by Gasteiger charge is 2.42. The molecule has 0 radical (unpaired) electrons. The van der Waals surface area contributed by atoms with E-state index < -0.39 is 14.9 Å². The molecule has 0 saturated carbocycles. The molecule has 3 aliphatic heterocycles. The summed E-state index contributed by atoms with van der Waals surface area (Å²) < 4.78 is 27.2. The number of non-ortho nitro benzene ring substituents is 1. The molecule has 142 valence electrons. The first-order chi connectivity index (χ1) is 12.5. The maximum atomic E-state index is 12.8. The molecule has 3 fully saturated rings. The van der Waals surface area contributed by atoms with E-state index in [1.807, 2.05) is 0 Å². The highest BCUT2D eigenvalue weighted by molar-refractivity contribution is 7.89. The summed E-state index contributed by atoms with van der Waals surface area (Å²) in [4.78, 5) is 13.0. The maximum absolute atomic E-state index is 12.8. The lowest BCUT2D eigenvalue weighted by Gasteiger charge is -2.44. The Morgan fingerprint density at radius 2 is 1.54 bits per heavy atom. The molecule has 2 bridgehead atoms. The minimum absolute atomic E-state index is 0.100. The number of sulfonamides is 1. The van der Waals surface area contributed by atoms with Gasteiger partial charge in [-0.05, 0) is 37.8 Å². The summed E-state index contributed by atoms with van der Waals surface area (Å²) >= 11 is 0. The summed E-state index contributed by atoms with van der Waals surface area (Å²) in [5.41, 5.74) is -0.100. The Hall–Kier alpha value is -1.55. The van der Waals surface area contributed by atoms with Gasteiger partial charge in [-0.15, -0.1) is 0 Å². The number of fused-ring (bicyclic) bond motifs is 2. The zero-order valence-electron chi connectivity index (χ0n) is 14.6. The van der Waals surface area contributed by atoms with Crippen molar-refractivity contribution in [1.82, 2.24) is 14.5 Å². The minimum Gasteiger partial charge on any atom is -0.314 e. The van der Waals surface area contributed by atoms with Crippen molar-refractivity contribution in [2.24, 2.45) is 0 Å². The van der Waals surface area contributed by atoms with Crippen molar-refractivity contribution in [2.45, 2.75) is 48.7 Å². The van der Waals surface area contributed by atoms with Gasteiger partial charge in [-0.25, -0.2) is 8.42 Å². The summed E-state index contributed by atoms with van der Waals surface area (Å²) in [6, 6.07) is 6.80. The van der Waals surface area contributed by atoms with E-state index >= 15 is 0 Å². The molecule has 2 unspecified atom stereocenters. The highest BCUT2D eigenvalue weighted by Crippen LogP contribution is 2.33. The molecule has 26 heavy (non-hydrogen) atoms. The number of nitrogens with zero attached hydrogens (tertiary/aromatic N) is 3. The van der Waals surface area contributed by atoms with Crippen LogP contribution >= 0.6 is 0 Å². The lowest BCUT2D eigenvalue weighted by molar-refractivity contribution is -0.384. The van der Waals surface area contributed by atoms with Gasteiger partial charge in [-0.2, -0.15) is 4.31 Å². The second-order valence-corrected chi connectivity index (χ2v) is 9.31. The predicted molar refractivity (Wildman–Crippen MR) is 96.4 cm³/mol. The van der Waals surface area contributed by atoms with Crippen LogP contribution in [0.25, 0.3) is 0 Å². The van der Waals surface area contributed by atoms with Crippen molar-refractivity contribution < 1.29 is 13.3 Å². The van der Waals surface area contributed by atoms with E-state index in [1.54, 1.807) is 0 Å². The van der Waals surface area contributed by atoms with E-state index in [9.17, 15) is 18.5 Å². The van der Waals surface area contributed by atoms with Crippen molar-refractivity contribution in [1.29, 1.82) is 0 Å². The topological polar surface area (TPSA) is 95.8 Å². The fourth-order valence-corrected chi connectivity index (χ4v) is 6.15. The van der Waals surface area contributed by atoms with Crippen LogP contribution < -0.4 is 5.32 Å². The second-order valence-electron chi connectivity index (χ2n) is 7.38. The van der Waals surface area contributed by atoms with Crippen molar-refractivity contribution in [3.8, 4) is 0 Å². The number of hydrogen-bond donors (Lipinski definition) is 1. The molecule has 4 rings (SSSR count). The fourth-order valence-electron chi connectivity index (χ4n) is 4.68. The Balaban J connectivity index is 1.43. The van der Waals surface area contributed by atoms with E-state index in [2.05, 4.69) is 10.2 Å². The molecular formula is C17H24N4O4S. The number of nitro benzene ring substituents is 1. The van der Waals surface area contributed by atoms with Crippen LogP contribution in [-0.2, 0) is 10.0 Å². The lowest BCUT2D eigenvalue weighted by Crippen LogP contribution is -2.58. The van der Waals surface area contributed by atoms with Gasteiger partial charge in [-0.3, -0.25) is 15.0 Å². The third-order valence-electron chi connectivity index (χ3n) is 5.97. The number of nitro groups is 1. The number of piperazine rings is 1. The van der Waals surface area contributed by atoms with Gasteiger partial charge in [0.05, 0.1) is 9.82 Å². The third kappa shape index (κ3) is 3.13. The zero-order valence-corrected chi connectivity index (χ0v) is 15.4. The number of hydrogen-bond acceptors (Lipinski definition) is 6. The molecule has 0 aliphatic carbocycles. The summed E-state index contributed by atoms with van der Waals surface area (Å²) in [5.74, 6) is 0. The van der Waals surface area contributed by atoms with Crippen LogP contribution in [0.1, 0.15) is 25.7 Å². The number of piperidine rings is 1. The molecule has 2 atom stereocenters. The normalized spacial score (nSPS) is 28.3. The molecule has 0 amide bonds. The first-order valence-corrected chi connectivity index (χ1v) is 10.6. The summed E-state index contributed by atoms with van der Waals surface area (Å²) in [6.07, 6.45) is 4.16. The lowest BCUT2D eigenvalue weighted by atomic mass is 10.0. The average Bonchev–Trinajstić information content (AvgIpc) is 2.90. The molecule has 9 heteroatoms. The van der Waals surface area contributed by atoms with Crippen molar-refractivity contribution >= 4 is 15.7 Å². The van der Waals surface area contributed by atoms with Gasteiger partial charge in [-0.1, -0.05) is 0 Å². The molecule has 1 N–H and O–H groups in total. The van der Waals surface area contributed by atoms with Crippen LogP contribution in [0.4, 0.5) is 5.69 Å². The molecule has 1 aromatic rings. The van der Waals surface area contributed by atoms with Crippen molar-refractivity contribution in [3.05, 3.63) is 34.4 Å². The highest BCUT2D eigenvalue weighted by atomic mass is 32.2. The Kier molecular flexibility index (Phi) is 4.72. The SMILES string of the molecule is O=[N+]([O-])c1ccc(S(=O)(=O)N2CCC(N3C4CCC3CNC4)CC2)cc1. The molecule has 3 aliphatic rings. The van der Waals surface area contributed by atoms with Crippen molar-refractivity contribution in [3.63, 3.8) is 0 Å². The predicted octanol–water partition coefficient (Wildman–Crippen LogP) is 1.18. The number of rotatable bonds is 4. The number of nitrogens with one attached hydrogen (secondary N) is 1. The van der Waals surface area contributed by atoms with Gasteiger partial charge in [0, 0.05) is 56.4 Å². The smallest absolute Gasteiger partial charge is 0.269 e. The molecule has 3 saturated heterocycles. The minimum atomic E-state index is -3.59. The second kappa shape index (κ2) is 6.88. The van der Waals surface area contributed by atoms with E-state index in [0.717, 1.165) is 25.9 Å².